The second kappa shape index (κ2) is 7.78. The number of ether oxygens (including phenoxy) is 6. The van der Waals surface area contributed by atoms with Gasteiger partial charge in [0, 0.05) is 32.3 Å². The van der Waals surface area contributed by atoms with Crippen LogP contribution in [0.1, 0.15) is 78.1 Å². The van der Waals surface area contributed by atoms with Gasteiger partial charge in [0.1, 0.15) is 24.4 Å². The van der Waals surface area contributed by atoms with Crippen molar-refractivity contribution in [2.75, 3.05) is 13.2 Å². The monoisotopic (exact) mass is 396 g/mol. The molecule has 5 fully saturated rings. The number of fused-ring (bicyclic) bond motifs is 1. The summed E-state index contributed by atoms with van der Waals surface area (Å²) >= 11 is 0. The molecule has 0 N–H and O–H groups in total. The quantitative estimate of drug-likeness (QED) is 0.718. The summed E-state index contributed by atoms with van der Waals surface area (Å²) in [7, 11) is 0. The van der Waals surface area contributed by atoms with Crippen molar-refractivity contribution < 1.29 is 28.4 Å². The molecule has 0 radical (unpaired) electrons. The molecule has 2 aliphatic carbocycles. The summed E-state index contributed by atoms with van der Waals surface area (Å²) in [5.74, 6) is -0.412. The van der Waals surface area contributed by atoms with E-state index in [2.05, 4.69) is 13.8 Å². The molecule has 5 rings (SSSR count). The summed E-state index contributed by atoms with van der Waals surface area (Å²) in [5.41, 5.74) is 0. The van der Waals surface area contributed by atoms with Crippen molar-refractivity contribution in [3.8, 4) is 0 Å². The van der Waals surface area contributed by atoms with E-state index in [-0.39, 0.29) is 30.7 Å². The van der Waals surface area contributed by atoms with E-state index >= 15 is 0 Å². The second-order valence-corrected chi connectivity index (χ2v) is 9.77. The van der Waals surface area contributed by atoms with Crippen molar-refractivity contribution in [2.45, 2.75) is 120 Å². The van der Waals surface area contributed by atoms with Gasteiger partial charge in [0.2, 0.25) is 0 Å². The molecule has 3 saturated heterocycles. The lowest BCUT2D eigenvalue weighted by Crippen LogP contribution is -2.46. The van der Waals surface area contributed by atoms with Crippen LogP contribution in [0.25, 0.3) is 0 Å². The first-order valence-corrected chi connectivity index (χ1v) is 11.5. The molecule has 6 nitrogen and oxygen atoms in total. The molecule has 0 aromatic carbocycles. The lowest BCUT2D eigenvalue weighted by Gasteiger charge is -2.35. The average molecular weight is 397 g/mol. The van der Waals surface area contributed by atoms with E-state index in [1.165, 1.54) is 25.7 Å². The molecular formula is C22H36O6. The zero-order chi connectivity index (χ0) is 19.2. The Morgan fingerprint density at radius 3 is 2.18 bits per heavy atom. The average Bonchev–Trinajstić information content (AvgIpc) is 3.33. The lowest BCUT2D eigenvalue weighted by molar-refractivity contribution is -0.262. The molecule has 0 aromatic rings. The standard InChI is InChI=1S/C22H36O6/c1-15(2)13-23-18-17(16-14-24-21(26-16)9-5-3-6-10-21)25-20-19(18)27-22(28-20)11-7-4-8-12-22/h15-20H,3-14H2,1-2H3/t16-,17-,18+,19+,20+/m0/s1. The van der Waals surface area contributed by atoms with Gasteiger partial charge in [-0.1, -0.05) is 26.7 Å². The Hall–Kier alpha value is -0.240. The minimum atomic E-state index is -0.463. The summed E-state index contributed by atoms with van der Waals surface area (Å²) in [6, 6.07) is 0. The van der Waals surface area contributed by atoms with Crippen molar-refractivity contribution in [2.24, 2.45) is 5.92 Å². The predicted octanol–water partition coefficient (Wildman–Crippen LogP) is 3.90. The van der Waals surface area contributed by atoms with Crippen LogP contribution in [-0.2, 0) is 28.4 Å². The van der Waals surface area contributed by atoms with Gasteiger partial charge in [0.25, 0.3) is 0 Å². The third kappa shape index (κ3) is 3.65. The van der Waals surface area contributed by atoms with Crippen molar-refractivity contribution >= 4 is 0 Å². The van der Waals surface area contributed by atoms with Gasteiger partial charge in [-0.3, -0.25) is 0 Å². The molecule has 5 aliphatic rings. The van der Waals surface area contributed by atoms with E-state index in [1.807, 2.05) is 0 Å². The minimum Gasteiger partial charge on any atom is -0.372 e. The van der Waals surface area contributed by atoms with Crippen LogP contribution in [0.2, 0.25) is 0 Å². The molecule has 28 heavy (non-hydrogen) atoms. The molecule has 0 unspecified atom stereocenters. The Morgan fingerprint density at radius 2 is 1.50 bits per heavy atom. The van der Waals surface area contributed by atoms with Crippen LogP contribution in [0.15, 0.2) is 0 Å². The number of hydrogen-bond acceptors (Lipinski definition) is 6. The molecule has 0 aromatic heterocycles. The van der Waals surface area contributed by atoms with E-state index in [9.17, 15) is 0 Å². The van der Waals surface area contributed by atoms with Crippen LogP contribution in [0, 0.1) is 5.92 Å². The first-order valence-electron chi connectivity index (χ1n) is 11.5. The normalized spacial score (nSPS) is 41.9. The smallest absolute Gasteiger partial charge is 0.190 e. The molecule has 5 atom stereocenters. The third-order valence-electron chi connectivity index (χ3n) is 6.98. The van der Waals surface area contributed by atoms with Gasteiger partial charge in [-0.25, -0.2) is 0 Å². The summed E-state index contributed by atoms with van der Waals surface area (Å²) in [6.07, 6.45) is 10.1. The van der Waals surface area contributed by atoms with Crippen molar-refractivity contribution in [1.29, 1.82) is 0 Å². The highest BCUT2D eigenvalue weighted by Gasteiger charge is 2.61. The largest absolute Gasteiger partial charge is 0.372 e. The van der Waals surface area contributed by atoms with E-state index in [1.54, 1.807) is 0 Å². The third-order valence-corrected chi connectivity index (χ3v) is 6.98. The van der Waals surface area contributed by atoms with E-state index in [0.29, 0.717) is 19.1 Å². The Labute approximate surface area is 168 Å². The highest BCUT2D eigenvalue weighted by atomic mass is 16.9. The Bertz CT molecular complexity index is 539. The molecule has 160 valence electrons. The zero-order valence-corrected chi connectivity index (χ0v) is 17.4. The number of rotatable bonds is 4. The highest BCUT2D eigenvalue weighted by Crippen LogP contribution is 2.48. The Kier molecular flexibility index (Phi) is 5.48. The van der Waals surface area contributed by atoms with Crippen molar-refractivity contribution in [1.82, 2.24) is 0 Å². The van der Waals surface area contributed by atoms with Crippen LogP contribution >= 0.6 is 0 Å². The molecule has 0 bridgehead atoms. The maximum atomic E-state index is 6.52. The SMILES string of the molecule is CC(C)CO[C@@H]1[C@H]([C@@H]2COC3(CCCCC3)O2)O[C@@H]2OC3(CCCCC3)O[C@@H]21. The summed E-state index contributed by atoms with van der Waals surface area (Å²) in [4.78, 5) is 0. The van der Waals surface area contributed by atoms with Crippen LogP contribution in [0.5, 0.6) is 0 Å². The highest BCUT2D eigenvalue weighted by molar-refractivity contribution is 5.01. The molecular weight excluding hydrogens is 360 g/mol. The minimum absolute atomic E-state index is 0.115. The molecule has 2 saturated carbocycles. The Balaban J connectivity index is 1.30. The molecule has 3 aliphatic heterocycles. The van der Waals surface area contributed by atoms with Gasteiger partial charge in [-0.2, -0.15) is 0 Å². The van der Waals surface area contributed by atoms with Gasteiger partial charge >= 0.3 is 0 Å². The van der Waals surface area contributed by atoms with Crippen molar-refractivity contribution in [3.63, 3.8) is 0 Å². The fraction of sp³-hybridized carbons (Fsp3) is 1.00. The summed E-state index contributed by atoms with van der Waals surface area (Å²) < 4.78 is 38.3. The van der Waals surface area contributed by atoms with Crippen molar-refractivity contribution in [3.05, 3.63) is 0 Å². The van der Waals surface area contributed by atoms with Gasteiger partial charge < -0.3 is 28.4 Å². The van der Waals surface area contributed by atoms with Crippen LogP contribution in [0.4, 0.5) is 0 Å². The van der Waals surface area contributed by atoms with Crippen LogP contribution < -0.4 is 0 Å². The van der Waals surface area contributed by atoms with Gasteiger partial charge in [0.15, 0.2) is 17.9 Å². The second-order valence-electron chi connectivity index (χ2n) is 9.77. The predicted molar refractivity (Wildman–Crippen MR) is 102 cm³/mol. The Morgan fingerprint density at radius 1 is 0.821 bits per heavy atom. The molecule has 0 amide bonds. The first-order chi connectivity index (χ1) is 13.6. The fourth-order valence-corrected chi connectivity index (χ4v) is 5.57. The van der Waals surface area contributed by atoms with E-state index in [0.717, 1.165) is 38.5 Å². The van der Waals surface area contributed by atoms with Gasteiger partial charge in [0.05, 0.1) is 6.61 Å². The lowest BCUT2D eigenvalue weighted by atomic mass is 9.94. The first kappa shape index (κ1) is 19.7. The summed E-state index contributed by atoms with van der Waals surface area (Å²) in [6.45, 7) is 5.59. The number of hydrogen-bond donors (Lipinski definition) is 0. The zero-order valence-electron chi connectivity index (χ0n) is 17.4. The summed E-state index contributed by atoms with van der Waals surface area (Å²) in [5, 5.41) is 0. The topological polar surface area (TPSA) is 55.4 Å². The molecule has 3 heterocycles. The van der Waals surface area contributed by atoms with Gasteiger partial charge in [-0.05, 0) is 31.6 Å². The maximum absolute atomic E-state index is 6.52. The van der Waals surface area contributed by atoms with E-state index in [4.69, 9.17) is 28.4 Å². The maximum Gasteiger partial charge on any atom is 0.190 e. The molecule has 2 spiro atoms. The fourth-order valence-electron chi connectivity index (χ4n) is 5.57. The van der Waals surface area contributed by atoms with E-state index < -0.39 is 11.6 Å². The van der Waals surface area contributed by atoms with Crippen LogP contribution in [-0.4, -0.2) is 55.5 Å². The molecule has 6 heteroatoms. The van der Waals surface area contributed by atoms with Gasteiger partial charge in [-0.15, -0.1) is 0 Å². The van der Waals surface area contributed by atoms with Crippen LogP contribution in [0.3, 0.4) is 0 Å².